The van der Waals surface area contributed by atoms with Gasteiger partial charge in [0.05, 0.1) is 6.10 Å². The molecule has 4 aliphatic rings. The van der Waals surface area contributed by atoms with Crippen LogP contribution in [0.15, 0.2) is 41.5 Å². The predicted molar refractivity (Wildman–Crippen MR) is 127 cm³/mol. The smallest absolute Gasteiger partial charge is 0.165 e. The lowest BCUT2D eigenvalue weighted by Crippen LogP contribution is -2.50. The van der Waals surface area contributed by atoms with Gasteiger partial charge in [0.25, 0.3) is 0 Å². The Morgan fingerprint density at radius 1 is 1.00 bits per heavy atom. The molecule has 0 radical (unpaired) electrons. The van der Waals surface area contributed by atoms with Crippen LogP contribution < -0.4 is 4.90 Å². The summed E-state index contributed by atoms with van der Waals surface area (Å²) in [6.45, 7) is 4.70. The maximum atomic E-state index is 13.6. The molecule has 0 amide bonds. The molecule has 3 fully saturated rings. The maximum absolute atomic E-state index is 13.6. The minimum absolute atomic E-state index is 0.161. The monoisotopic (exact) mass is 419 g/mol. The van der Waals surface area contributed by atoms with Crippen molar-refractivity contribution in [3.05, 3.63) is 47.1 Å². The lowest BCUT2D eigenvalue weighted by molar-refractivity contribution is -0.130. The Morgan fingerprint density at radius 3 is 2.42 bits per heavy atom. The van der Waals surface area contributed by atoms with Crippen molar-refractivity contribution in [2.45, 2.75) is 64.9 Å². The van der Waals surface area contributed by atoms with Crippen molar-refractivity contribution in [3.8, 4) is 0 Å². The van der Waals surface area contributed by atoms with E-state index < -0.39 is 0 Å². The number of benzene rings is 1. The van der Waals surface area contributed by atoms with E-state index in [1.165, 1.54) is 11.3 Å². The zero-order chi connectivity index (χ0) is 22.0. The van der Waals surface area contributed by atoms with Crippen LogP contribution in [0, 0.1) is 28.6 Å². The van der Waals surface area contributed by atoms with Crippen molar-refractivity contribution in [3.63, 3.8) is 0 Å². The molecule has 5 rings (SSSR count). The van der Waals surface area contributed by atoms with Crippen molar-refractivity contribution < 1.29 is 9.90 Å². The summed E-state index contributed by atoms with van der Waals surface area (Å²) in [4.78, 5) is 15.7. The Morgan fingerprint density at radius 2 is 1.71 bits per heavy atom. The average molecular weight is 420 g/mol. The third kappa shape index (κ3) is 3.23. The number of rotatable bonds is 2. The SMILES string of the molecule is CN(C)c1ccc(/C=C2\C[C@H]3[C@@H]4CC=C5C[C@@H](O)CC[C@]5(C)[C@H]4CC[C@]3(C)C2=O)cc1. The van der Waals surface area contributed by atoms with Gasteiger partial charge in [-0.15, -0.1) is 0 Å². The Labute approximate surface area is 187 Å². The molecular weight excluding hydrogens is 382 g/mol. The number of ketones is 1. The number of carbonyl (C=O) groups is 1. The molecule has 3 saturated carbocycles. The van der Waals surface area contributed by atoms with Gasteiger partial charge in [-0.2, -0.15) is 0 Å². The van der Waals surface area contributed by atoms with Crippen LogP contribution in [0.2, 0.25) is 0 Å². The van der Waals surface area contributed by atoms with Crippen LogP contribution in [0.5, 0.6) is 0 Å². The van der Waals surface area contributed by atoms with Crippen LogP contribution in [0.1, 0.15) is 64.4 Å². The number of carbonyl (C=O) groups excluding carboxylic acids is 1. The number of nitrogens with zero attached hydrogens (tertiary/aromatic N) is 1. The van der Waals surface area contributed by atoms with Crippen LogP contribution in [0.3, 0.4) is 0 Å². The van der Waals surface area contributed by atoms with Gasteiger partial charge in [-0.25, -0.2) is 0 Å². The zero-order valence-corrected chi connectivity index (χ0v) is 19.5. The fourth-order valence-corrected chi connectivity index (χ4v) is 7.51. The van der Waals surface area contributed by atoms with Gasteiger partial charge in [0.15, 0.2) is 5.78 Å². The topological polar surface area (TPSA) is 40.5 Å². The van der Waals surface area contributed by atoms with Crippen LogP contribution in [-0.4, -0.2) is 31.1 Å². The number of anilines is 1. The van der Waals surface area contributed by atoms with Gasteiger partial charge in [-0.1, -0.05) is 37.6 Å². The molecule has 1 aromatic rings. The highest BCUT2D eigenvalue weighted by molar-refractivity contribution is 6.06. The first-order valence-electron chi connectivity index (χ1n) is 12.1. The van der Waals surface area contributed by atoms with Gasteiger partial charge in [0, 0.05) is 25.2 Å². The maximum Gasteiger partial charge on any atom is 0.165 e. The first-order chi connectivity index (χ1) is 14.7. The Hall–Kier alpha value is -1.87. The molecule has 0 bridgehead atoms. The summed E-state index contributed by atoms with van der Waals surface area (Å²) < 4.78 is 0. The largest absolute Gasteiger partial charge is 0.393 e. The van der Waals surface area contributed by atoms with Gasteiger partial charge >= 0.3 is 0 Å². The summed E-state index contributed by atoms with van der Waals surface area (Å²) in [6.07, 6.45) is 11.5. The van der Waals surface area contributed by atoms with E-state index in [1.54, 1.807) is 0 Å². The molecule has 0 saturated heterocycles. The summed E-state index contributed by atoms with van der Waals surface area (Å²) in [7, 11) is 4.10. The van der Waals surface area contributed by atoms with Gasteiger partial charge < -0.3 is 10.0 Å². The molecule has 31 heavy (non-hydrogen) atoms. The van der Waals surface area contributed by atoms with Gasteiger partial charge in [0.1, 0.15) is 0 Å². The third-order valence-electron chi connectivity index (χ3n) is 9.47. The molecule has 3 nitrogen and oxygen atoms in total. The van der Waals surface area contributed by atoms with Crippen LogP contribution in [-0.2, 0) is 4.79 Å². The summed E-state index contributed by atoms with van der Waals surface area (Å²) >= 11 is 0. The highest BCUT2D eigenvalue weighted by Gasteiger charge is 2.59. The second-order valence-electron chi connectivity index (χ2n) is 11.3. The fourth-order valence-electron chi connectivity index (χ4n) is 7.51. The van der Waals surface area contributed by atoms with Crippen LogP contribution in [0.25, 0.3) is 6.08 Å². The van der Waals surface area contributed by atoms with Crippen molar-refractivity contribution in [1.82, 2.24) is 0 Å². The molecule has 0 unspecified atom stereocenters. The molecule has 0 heterocycles. The number of hydrogen-bond acceptors (Lipinski definition) is 3. The Bertz CT molecular complexity index is 942. The molecule has 1 N–H and O–H groups in total. The normalized spacial score (nSPS) is 40.7. The molecule has 4 aliphatic carbocycles. The summed E-state index contributed by atoms with van der Waals surface area (Å²) in [6, 6.07) is 8.52. The van der Waals surface area contributed by atoms with E-state index in [1.807, 2.05) is 14.1 Å². The van der Waals surface area contributed by atoms with Crippen molar-refractivity contribution in [1.29, 1.82) is 0 Å². The third-order valence-corrected chi connectivity index (χ3v) is 9.47. The molecule has 1 aromatic carbocycles. The lowest BCUT2D eigenvalue weighted by atomic mass is 9.48. The number of Topliss-reactive ketones (excluding diaryl/α,β-unsaturated/α-hetero) is 1. The first kappa shape index (κ1) is 21.0. The fraction of sp³-hybridized carbons (Fsp3) is 0.607. The minimum atomic E-state index is -0.202. The van der Waals surface area contributed by atoms with Gasteiger partial charge in [-0.3, -0.25) is 4.79 Å². The summed E-state index contributed by atoms with van der Waals surface area (Å²) in [5.74, 6) is 2.09. The van der Waals surface area contributed by atoms with Gasteiger partial charge in [-0.05, 0) is 97.5 Å². The first-order valence-corrected chi connectivity index (χ1v) is 12.1. The summed E-state index contributed by atoms with van der Waals surface area (Å²) in [5, 5.41) is 10.2. The van der Waals surface area contributed by atoms with E-state index in [9.17, 15) is 9.90 Å². The molecule has 0 spiro atoms. The molecule has 3 heteroatoms. The molecular formula is C28H37NO2. The lowest BCUT2D eigenvalue weighted by Gasteiger charge is -2.56. The van der Waals surface area contributed by atoms with Crippen LogP contribution >= 0.6 is 0 Å². The Balaban J connectivity index is 1.44. The minimum Gasteiger partial charge on any atom is -0.393 e. The molecule has 0 aliphatic heterocycles. The van der Waals surface area contributed by atoms with E-state index in [0.717, 1.165) is 56.1 Å². The quantitative estimate of drug-likeness (QED) is 0.498. The van der Waals surface area contributed by atoms with E-state index in [4.69, 9.17) is 0 Å². The second-order valence-corrected chi connectivity index (χ2v) is 11.3. The second kappa shape index (κ2) is 7.33. The van der Waals surface area contributed by atoms with Crippen molar-refractivity contribution in [2.24, 2.45) is 28.6 Å². The van der Waals surface area contributed by atoms with E-state index in [-0.39, 0.29) is 16.9 Å². The molecule has 166 valence electrons. The number of fused-ring (bicyclic) bond motifs is 5. The zero-order valence-electron chi connectivity index (χ0n) is 19.5. The number of aliphatic hydroxyl groups excluding tert-OH is 1. The number of hydrogen-bond donors (Lipinski definition) is 1. The van der Waals surface area contributed by atoms with E-state index in [0.29, 0.717) is 23.5 Å². The number of aliphatic hydroxyl groups is 1. The summed E-state index contributed by atoms with van der Waals surface area (Å²) in [5.41, 5.74) is 4.86. The molecule has 0 aromatic heterocycles. The Kier molecular flexibility index (Phi) is 4.97. The highest BCUT2D eigenvalue weighted by atomic mass is 16.3. The van der Waals surface area contributed by atoms with Crippen molar-refractivity contribution >= 4 is 17.5 Å². The van der Waals surface area contributed by atoms with Gasteiger partial charge in [0.2, 0.25) is 0 Å². The molecule has 6 atom stereocenters. The predicted octanol–water partition coefficient (Wildman–Crippen LogP) is 5.64. The standard InChI is InChI=1S/C28H37NO2/c1-27-13-11-22(30)17-20(27)7-10-23-24(27)12-14-28(2)25(23)16-19(26(28)31)15-18-5-8-21(9-6-18)29(3)4/h5-9,15,22-25,30H,10-14,16-17H2,1-4H3/b19-15+/t22-,23+,24-,25-,27-,28-/m0/s1. The highest BCUT2D eigenvalue weighted by Crippen LogP contribution is 2.64. The van der Waals surface area contributed by atoms with E-state index in [2.05, 4.69) is 55.2 Å². The number of allylic oxidation sites excluding steroid dienone is 2. The van der Waals surface area contributed by atoms with Crippen LogP contribution in [0.4, 0.5) is 5.69 Å². The average Bonchev–Trinajstić information content (AvgIpc) is 2.99. The van der Waals surface area contributed by atoms with E-state index >= 15 is 0 Å². The van der Waals surface area contributed by atoms with Crippen molar-refractivity contribution in [2.75, 3.05) is 19.0 Å².